The molecular formula is C13H23N3O. The van der Waals surface area contributed by atoms with E-state index in [0.717, 1.165) is 18.5 Å². The number of aryl methyl sites for hydroxylation is 1. The SMILES string of the molecule is CCCCn1nc(C(C)(C)C)cc(CN)c1=O. The summed E-state index contributed by atoms with van der Waals surface area (Å²) in [5, 5.41) is 4.44. The molecule has 0 aliphatic rings. The van der Waals surface area contributed by atoms with Crippen LogP contribution in [0.5, 0.6) is 0 Å². The van der Waals surface area contributed by atoms with E-state index in [1.165, 1.54) is 0 Å². The maximum Gasteiger partial charge on any atom is 0.271 e. The van der Waals surface area contributed by atoms with E-state index >= 15 is 0 Å². The molecule has 0 saturated heterocycles. The van der Waals surface area contributed by atoms with Gasteiger partial charge >= 0.3 is 0 Å². The molecule has 0 spiro atoms. The lowest BCUT2D eigenvalue weighted by molar-refractivity contribution is 0.482. The Hall–Kier alpha value is -1.16. The highest BCUT2D eigenvalue weighted by atomic mass is 16.1. The molecule has 1 aromatic rings. The number of nitrogens with zero attached hydrogens (tertiary/aromatic N) is 2. The lowest BCUT2D eigenvalue weighted by Crippen LogP contribution is -2.31. The molecule has 2 N–H and O–H groups in total. The summed E-state index contributed by atoms with van der Waals surface area (Å²) < 4.78 is 1.56. The molecule has 0 saturated carbocycles. The molecule has 0 unspecified atom stereocenters. The van der Waals surface area contributed by atoms with Crippen LogP contribution < -0.4 is 11.3 Å². The fraction of sp³-hybridized carbons (Fsp3) is 0.692. The largest absolute Gasteiger partial charge is 0.326 e. The van der Waals surface area contributed by atoms with Crippen LogP contribution in [0.2, 0.25) is 0 Å². The quantitative estimate of drug-likeness (QED) is 0.868. The molecule has 0 atom stereocenters. The monoisotopic (exact) mass is 237 g/mol. The van der Waals surface area contributed by atoms with Gasteiger partial charge in [0.15, 0.2) is 0 Å². The van der Waals surface area contributed by atoms with Gasteiger partial charge in [0, 0.05) is 24.1 Å². The van der Waals surface area contributed by atoms with Crippen LogP contribution >= 0.6 is 0 Å². The summed E-state index contributed by atoms with van der Waals surface area (Å²) >= 11 is 0. The molecule has 96 valence electrons. The van der Waals surface area contributed by atoms with Gasteiger partial charge in [-0.05, 0) is 12.5 Å². The minimum absolute atomic E-state index is 0.0473. The summed E-state index contributed by atoms with van der Waals surface area (Å²) in [7, 11) is 0. The molecule has 0 aromatic carbocycles. The third-order valence-corrected chi connectivity index (χ3v) is 2.76. The molecule has 0 fully saturated rings. The van der Waals surface area contributed by atoms with Gasteiger partial charge < -0.3 is 5.73 Å². The van der Waals surface area contributed by atoms with Crippen LogP contribution in [0.3, 0.4) is 0 Å². The van der Waals surface area contributed by atoms with E-state index in [0.29, 0.717) is 12.1 Å². The van der Waals surface area contributed by atoms with Crippen LogP contribution in [-0.4, -0.2) is 9.78 Å². The molecule has 17 heavy (non-hydrogen) atoms. The maximum absolute atomic E-state index is 12.0. The zero-order valence-electron chi connectivity index (χ0n) is 11.3. The average Bonchev–Trinajstić information content (AvgIpc) is 2.26. The summed E-state index contributed by atoms with van der Waals surface area (Å²) in [4.78, 5) is 12.0. The topological polar surface area (TPSA) is 60.9 Å². The second-order valence-electron chi connectivity index (χ2n) is 5.39. The first-order chi connectivity index (χ1) is 7.90. The molecule has 0 radical (unpaired) electrons. The van der Waals surface area contributed by atoms with Crippen LogP contribution in [0.1, 0.15) is 51.8 Å². The number of rotatable bonds is 4. The maximum atomic E-state index is 12.0. The smallest absolute Gasteiger partial charge is 0.271 e. The van der Waals surface area contributed by atoms with Crippen molar-refractivity contribution in [3.63, 3.8) is 0 Å². The van der Waals surface area contributed by atoms with Gasteiger partial charge in [-0.25, -0.2) is 4.68 Å². The first-order valence-corrected chi connectivity index (χ1v) is 6.21. The number of hydrogen-bond acceptors (Lipinski definition) is 3. The standard InChI is InChI=1S/C13H23N3O/c1-5-6-7-16-12(17)10(9-14)8-11(15-16)13(2,3)4/h8H,5-7,9,14H2,1-4H3. The molecule has 0 aliphatic heterocycles. The number of aromatic nitrogens is 2. The van der Waals surface area contributed by atoms with E-state index in [2.05, 4.69) is 32.8 Å². The average molecular weight is 237 g/mol. The Morgan fingerprint density at radius 1 is 1.41 bits per heavy atom. The highest BCUT2D eigenvalue weighted by Crippen LogP contribution is 2.19. The van der Waals surface area contributed by atoms with E-state index in [1.807, 2.05) is 6.07 Å². The third kappa shape index (κ3) is 3.40. The Balaban J connectivity index is 3.24. The van der Waals surface area contributed by atoms with Crippen molar-refractivity contribution in [1.82, 2.24) is 9.78 Å². The van der Waals surface area contributed by atoms with Gasteiger partial charge in [-0.15, -0.1) is 0 Å². The van der Waals surface area contributed by atoms with Gasteiger partial charge in [-0.1, -0.05) is 34.1 Å². The highest BCUT2D eigenvalue weighted by molar-refractivity contribution is 5.19. The van der Waals surface area contributed by atoms with E-state index < -0.39 is 0 Å². The summed E-state index contributed by atoms with van der Waals surface area (Å²) in [6.07, 6.45) is 2.01. The molecule has 4 nitrogen and oxygen atoms in total. The minimum atomic E-state index is -0.0639. The molecular weight excluding hydrogens is 214 g/mol. The molecule has 0 amide bonds. The van der Waals surface area contributed by atoms with Crippen molar-refractivity contribution in [2.75, 3.05) is 0 Å². The van der Waals surface area contributed by atoms with Crippen molar-refractivity contribution < 1.29 is 0 Å². The van der Waals surface area contributed by atoms with Gasteiger partial charge in [-0.2, -0.15) is 5.10 Å². The first kappa shape index (κ1) is 13.9. The fourth-order valence-electron chi connectivity index (χ4n) is 1.57. The zero-order chi connectivity index (χ0) is 13.1. The van der Waals surface area contributed by atoms with Crippen molar-refractivity contribution in [2.24, 2.45) is 5.73 Å². The van der Waals surface area contributed by atoms with Gasteiger partial charge in [0.05, 0.1) is 5.69 Å². The molecule has 1 rings (SSSR count). The predicted molar refractivity (Wildman–Crippen MR) is 70.0 cm³/mol. The fourth-order valence-corrected chi connectivity index (χ4v) is 1.57. The first-order valence-electron chi connectivity index (χ1n) is 6.21. The van der Waals surface area contributed by atoms with Crippen molar-refractivity contribution in [1.29, 1.82) is 0 Å². The van der Waals surface area contributed by atoms with Crippen molar-refractivity contribution in [2.45, 2.75) is 59.0 Å². The predicted octanol–water partition coefficient (Wildman–Crippen LogP) is 1.80. The minimum Gasteiger partial charge on any atom is -0.326 e. The van der Waals surface area contributed by atoms with E-state index in [4.69, 9.17) is 5.73 Å². The Bertz CT molecular complexity index is 429. The van der Waals surface area contributed by atoms with Gasteiger partial charge in [-0.3, -0.25) is 4.79 Å². The van der Waals surface area contributed by atoms with Crippen molar-refractivity contribution in [3.8, 4) is 0 Å². The third-order valence-electron chi connectivity index (χ3n) is 2.76. The van der Waals surface area contributed by atoms with Gasteiger partial charge in [0.1, 0.15) is 0 Å². The number of unbranched alkanes of at least 4 members (excludes halogenated alkanes) is 1. The van der Waals surface area contributed by atoms with E-state index in [9.17, 15) is 4.79 Å². The second kappa shape index (κ2) is 5.45. The normalized spacial score (nSPS) is 11.8. The Morgan fingerprint density at radius 2 is 2.06 bits per heavy atom. The number of nitrogens with two attached hydrogens (primary N) is 1. The Labute approximate surface area is 103 Å². The lowest BCUT2D eigenvalue weighted by atomic mass is 9.91. The molecule has 1 heterocycles. The Kier molecular flexibility index (Phi) is 4.46. The number of hydrogen-bond donors (Lipinski definition) is 1. The van der Waals surface area contributed by atoms with E-state index in [1.54, 1.807) is 4.68 Å². The van der Waals surface area contributed by atoms with Gasteiger partial charge in [0.25, 0.3) is 5.56 Å². The second-order valence-corrected chi connectivity index (χ2v) is 5.39. The summed E-state index contributed by atoms with van der Waals surface area (Å²) in [5.41, 5.74) is 7.09. The molecule has 0 aliphatic carbocycles. The molecule has 4 heteroatoms. The Morgan fingerprint density at radius 3 is 2.53 bits per heavy atom. The van der Waals surface area contributed by atoms with Crippen molar-refractivity contribution in [3.05, 3.63) is 27.7 Å². The summed E-state index contributed by atoms with van der Waals surface area (Å²) in [6, 6.07) is 1.84. The van der Waals surface area contributed by atoms with Crippen LogP contribution in [-0.2, 0) is 18.5 Å². The lowest BCUT2D eigenvalue weighted by Gasteiger charge is -2.19. The van der Waals surface area contributed by atoms with E-state index in [-0.39, 0.29) is 17.5 Å². The van der Waals surface area contributed by atoms with Crippen LogP contribution in [0.4, 0.5) is 0 Å². The molecule has 1 aromatic heterocycles. The summed E-state index contributed by atoms with van der Waals surface area (Å²) in [5.74, 6) is 0. The van der Waals surface area contributed by atoms with Crippen molar-refractivity contribution >= 4 is 0 Å². The van der Waals surface area contributed by atoms with Crippen LogP contribution in [0.15, 0.2) is 10.9 Å². The van der Waals surface area contributed by atoms with Crippen LogP contribution in [0.25, 0.3) is 0 Å². The highest BCUT2D eigenvalue weighted by Gasteiger charge is 2.18. The zero-order valence-corrected chi connectivity index (χ0v) is 11.3. The van der Waals surface area contributed by atoms with Crippen LogP contribution in [0, 0.1) is 0 Å². The summed E-state index contributed by atoms with van der Waals surface area (Å²) in [6.45, 7) is 9.31. The molecule has 0 bridgehead atoms. The van der Waals surface area contributed by atoms with Gasteiger partial charge in [0.2, 0.25) is 0 Å².